The lowest BCUT2D eigenvalue weighted by Crippen LogP contribution is -2.35. The Morgan fingerprint density at radius 2 is 2.10 bits per heavy atom. The van der Waals surface area contributed by atoms with Crippen LogP contribution in [0.3, 0.4) is 0 Å². The number of amides is 1. The fraction of sp³-hybridized carbons (Fsp3) is 0.667. The number of carbonyl (C=O) groups is 1. The van der Waals surface area contributed by atoms with Gasteiger partial charge in [-0.1, -0.05) is 0 Å². The van der Waals surface area contributed by atoms with Gasteiger partial charge in [0.25, 0.3) is 5.91 Å². The van der Waals surface area contributed by atoms with Crippen LogP contribution in [0.1, 0.15) is 42.2 Å². The summed E-state index contributed by atoms with van der Waals surface area (Å²) in [6, 6.07) is 2.47. The smallest absolute Gasteiger partial charge is 0.270 e. The molecule has 0 bridgehead atoms. The Morgan fingerprint density at radius 3 is 2.75 bits per heavy atom. The molecule has 2 aliphatic rings. The molecular formula is C15H21BrN2O2. The molecule has 110 valence electrons. The summed E-state index contributed by atoms with van der Waals surface area (Å²) in [5, 5.41) is 0. The summed E-state index contributed by atoms with van der Waals surface area (Å²) < 4.78 is 8.50. The van der Waals surface area contributed by atoms with Crippen LogP contribution < -0.4 is 0 Å². The fourth-order valence-corrected chi connectivity index (χ4v) is 3.30. The molecule has 1 aliphatic heterocycles. The molecule has 1 saturated heterocycles. The average molecular weight is 341 g/mol. The highest BCUT2D eigenvalue weighted by atomic mass is 79.9. The summed E-state index contributed by atoms with van der Waals surface area (Å²) in [7, 11) is 1.91. The predicted molar refractivity (Wildman–Crippen MR) is 80.9 cm³/mol. The molecule has 0 aromatic carbocycles. The van der Waals surface area contributed by atoms with Gasteiger partial charge < -0.3 is 14.2 Å². The minimum atomic E-state index is 0.133. The van der Waals surface area contributed by atoms with Crippen molar-refractivity contribution in [3.63, 3.8) is 0 Å². The van der Waals surface area contributed by atoms with Gasteiger partial charge in [0, 0.05) is 43.5 Å². The zero-order valence-electron chi connectivity index (χ0n) is 11.8. The topological polar surface area (TPSA) is 34.5 Å². The molecule has 1 saturated carbocycles. The van der Waals surface area contributed by atoms with E-state index in [2.05, 4.69) is 20.5 Å². The van der Waals surface area contributed by atoms with Gasteiger partial charge in [0.15, 0.2) is 0 Å². The summed E-state index contributed by atoms with van der Waals surface area (Å²) in [5.41, 5.74) is 0.814. The lowest BCUT2D eigenvalue weighted by atomic mass is 10.00. The first kappa shape index (κ1) is 14.1. The molecule has 0 atom stereocenters. The van der Waals surface area contributed by atoms with Crippen molar-refractivity contribution >= 4 is 21.8 Å². The van der Waals surface area contributed by atoms with Gasteiger partial charge in [-0.3, -0.25) is 4.79 Å². The van der Waals surface area contributed by atoms with Gasteiger partial charge in [0.05, 0.1) is 0 Å². The lowest BCUT2D eigenvalue weighted by Gasteiger charge is -2.27. The van der Waals surface area contributed by atoms with Crippen molar-refractivity contribution < 1.29 is 9.53 Å². The van der Waals surface area contributed by atoms with Crippen LogP contribution in [0.15, 0.2) is 16.7 Å². The van der Waals surface area contributed by atoms with E-state index < -0.39 is 0 Å². The van der Waals surface area contributed by atoms with E-state index in [0.717, 1.165) is 42.8 Å². The van der Waals surface area contributed by atoms with E-state index in [4.69, 9.17) is 4.74 Å². The molecule has 1 aliphatic carbocycles. The SMILES string of the molecule is CN(CC1CCOCC1)C(=O)c1cc(Br)cn1C1CC1. The molecule has 2 fully saturated rings. The molecule has 1 aromatic heterocycles. The number of hydrogen-bond acceptors (Lipinski definition) is 2. The van der Waals surface area contributed by atoms with E-state index >= 15 is 0 Å². The fourth-order valence-electron chi connectivity index (χ4n) is 2.87. The maximum absolute atomic E-state index is 12.6. The number of rotatable bonds is 4. The Morgan fingerprint density at radius 1 is 1.40 bits per heavy atom. The second-order valence-electron chi connectivity index (χ2n) is 5.92. The third-order valence-electron chi connectivity index (χ3n) is 4.19. The number of ether oxygens (including phenoxy) is 1. The van der Waals surface area contributed by atoms with E-state index in [0.29, 0.717) is 12.0 Å². The summed E-state index contributed by atoms with van der Waals surface area (Å²) in [4.78, 5) is 14.5. The molecule has 0 unspecified atom stereocenters. The second-order valence-corrected chi connectivity index (χ2v) is 6.84. The number of carbonyl (C=O) groups excluding carboxylic acids is 1. The monoisotopic (exact) mass is 340 g/mol. The van der Waals surface area contributed by atoms with Gasteiger partial charge in [-0.25, -0.2) is 0 Å². The Bertz CT molecular complexity index is 490. The molecular weight excluding hydrogens is 320 g/mol. The number of hydrogen-bond donors (Lipinski definition) is 0. The Labute approximate surface area is 128 Å². The number of aromatic nitrogens is 1. The first-order chi connectivity index (χ1) is 9.65. The molecule has 1 aromatic rings. The van der Waals surface area contributed by atoms with E-state index in [1.807, 2.05) is 24.2 Å². The van der Waals surface area contributed by atoms with Crippen molar-refractivity contribution in [1.29, 1.82) is 0 Å². The first-order valence-electron chi connectivity index (χ1n) is 7.35. The number of nitrogens with zero attached hydrogens (tertiary/aromatic N) is 2. The van der Waals surface area contributed by atoms with Crippen molar-refractivity contribution in [2.75, 3.05) is 26.8 Å². The van der Waals surface area contributed by atoms with Crippen LogP contribution in [0.25, 0.3) is 0 Å². The largest absolute Gasteiger partial charge is 0.381 e. The van der Waals surface area contributed by atoms with E-state index in [1.54, 1.807) is 0 Å². The van der Waals surface area contributed by atoms with Crippen molar-refractivity contribution in [3.05, 3.63) is 22.4 Å². The quantitative estimate of drug-likeness (QED) is 0.844. The molecule has 3 rings (SSSR count). The van der Waals surface area contributed by atoms with Gasteiger partial charge >= 0.3 is 0 Å². The molecule has 0 N–H and O–H groups in total. The zero-order chi connectivity index (χ0) is 14.1. The lowest BCUT2D eigenvalue weighted by molar-refractivity contribution is 0.0493. The van der Waals surface area contributed by atoms with Crippen LogP contribution in [0, 0.1) is 5.92 Å². The molecule has 0 spiro atoms. The van der Waals surface area contributed by atoms with Crippen molar-refractivity contribution in [2.45, 2.75) is 31.7 Å². The number of halogens is 1. The Hall–Kier alpha value is -0.810. The normalized spacial score (nSPS) is 20.1. The predicted octanol–water partition coefficient (Wildman–Crippen LogP) is 3.08. The van der Waals surface area contributed by atoms with E-state index in [1.165, 1.54) is 12.8 Å². The summed E-state index contributed by atoms with van der Waals surface area (Å²) in [6.45, 7) is 2.49. The van der Waals surface area contributed by atoms with Crippen LogP contribution in [0.2, 0.25) is 0 Å². The molecule has 20 heavy (non-hydrogen) atoms. The molecule has 4 nitrogen and oxygen atoms in total. The maximum atomic E-state index is 12.6. The van der Waals surface area contributed by atoms with Crippen LogP contribution in [-0.2, 0) is 4.74 Å². The van der Waals surface area contributed by atoms with Gasteiger partial charge in [-0.2, -0.15) is 0 Å². The first-order valence-corrected chi connectivity index (χ1v) is 8.15. The molecule has 2 heterocycles. The van der Waals surface area contributed by atoms with Crippen LogP contribution in [-0.4, -0.2) is 42.2 Å². The zero-order valence-corrected chi connectivity index (χ0v) is 13.4. The van der Waals surface area contributed by atoms with Crippen molar-refractivity contribution in [3.8, 4) is 0 Å². The molecule has 1 amide bonds. The van der Waals surface area contributed by atoms with Gasteiger partial charge in [-0.15, -0.1) is 0 Å². The summed E-state index contributed by atoms with van der Waals surface area (Å²) in [5.74, 6) is 0.708. The molecule has 5 heteroatoms. The van der Waals surface area contributed by atoms with Crippen molar-refractivity contribution in [2.24, 2.45) is 5.92 Å². The standard InChI is InChI=1S/C15H21BrN2O2/c1-17(9-11-4-6-20-7-5-11)15(19)14-8-12(16)10-18(14)13-2-3-13/h8,10-11,13H,2-7,9H2,1H3. The van der Waals surface area contributed by atoms with Crippen LogP contribution in [0.5, 0.6) is 0 Å². The third kappa shape index (κ3) is 3.09. The Balaban J connectivity index is 1.68. The van der Waals surface area contributed by atoms with Gasteiger partial charge in [0.1, 0.15) is 5.69 Å². The second kappa shape index (κ2) is 5.90. The maximum Gasteiger partial charge on any atom is 0.270 e. The highest BCUT2D eigenvalue weighted by molar-refractivity contribution is 9.10. The molecule has 0 radical (unpaired) electrons. The highest BCUT2D eigenvalue weighted by Gasteiger charge is 2.29. The minimum absolute atomic E-state index is 0.133. The highest BCUT2D eigenvalue weighted by Crippen LogP contribution is 2.37. The Kier molecular flexibility index (Phi) is 4.17. The van der Waals surface area contributed by atoms with E-state index in [9.17, 15) is 4.79 Å². The minimum Gasteiger partial charge on any atom is -0.381 e. The van der Waals surface area contributed by atoms with Crippen molar-refractivity contribution in [1.82, 2.24) is 9.47 Å². The van der Waals surface area contributed by atoms with E-state index in [-0.39, 0.29) is 5.91 Å². The van der Waals surface area contributed by atoms with Gasteiger partial charge in [-0.05, 0) is 53.6 Å². The van der Waals surface area contributed by atoms with Crippen LogP contribution in [0.4, 0.5) is 0 Å². The summed E-state index contributed by atoms with van der Waals surface area (Å²) >= 11 is 3.49. The van der Waals surface area contributed by atoms with Crippen LogP contribution >= 0.6 is 15.9 Å². The van der Waals surface area contributed by atoms with Gasteiger partial charge in [0.2, 0.25) is 0 Å². The average Bonchev–Trinajstić information content (AvgIpc) is 3.22. The third-order valence-corrected chi connectivity index (χ3v) is 4.63. The summed E-state index contributed by atoms with van der Waals surface area (Å²) in [6.07, 6.45) is 6.53.